The van der Waals surface area contributed by atoms with Gasteiger partial charge in [-0.3, -0.25) is 49.2 Å². The number of hydrogen-bond donors (Lipinski definition) is 7. The molecule has 4 rings (SSSR count). The lowest BCUT2D eigenvalue weighted by atomic mass is 10.3. The summed E-state index contributed by atoms with van der Waals surface area (Å²) in [5, 5.41) is 41.1. The number of rotatable bonds is 8. The highest BCUT2D eigenvalue weighted by atomic mass is 16.7. The Morgan fingerprint density at radius 3 is 2.02 bits per heavy atom. The molecule has 334 valence electrons. The van der Waals surface area contributed by atoms with Gasteiger partial charge < -0.3 is 25.2 Å². The number of hydrogen-bond acceptors (Lipinski definition) is 14. The van der Waals surface area contributed by atoms with Gasteiger partial charge in [-0.25, -0.2) is 25.8 Å². The molecule has 4 unspecified atom stereocenters. The van der Waals surface area contributed by atoms with Crippen LogP contribution in [0.15, 0.2) is 0 Å². The summed E-state index contributed by atoms with van der Waals surface area (Å²) in [5.74, 6) is -7.01. The molecule has 0 aromatic rings. The Hall–Kier alpha value is -3.95. The third-order valence-corrected chi connectivity index (χ3v) is 12.0. The molecule has 11 atom stereocenters. The number of cyclic esters (lactones) is 1. The maximum atomic E-state index is 14.8. The van der Waals surface area contributed by atoms with E-state index in [2.05, 4.69) is 35.3 Å². The zero-order chi connectivity index (χ0) is 43.9. The number of aliphatic hydroxyl groups is 1. The maximum Gasteiger partial charge on any atom is 0.331 e. The van der Waals surface area contributed by atoms with Crippen LogP contribution in [0.3, 0.4) is 0 Å². The third kappa shape index (κ3) is 11.1. The first-order chi connectivity index (χ1) is 27.7. The molecule has 20 heteroatoms. The summed E-state index contributed by atoms with van der Waals surface area (Å²) in [6, 6.07) is -7.76. The number of carbonyl (C=O) groups is 7. The molecular formula is C39H66N8O12. The Morgan fingerprint density at radius 1 is 0.864 bits per heavy atom. The van der Waals surface area contributed by atoms with Gasteiger partial charge >= 0.3 is 5.97 Å². The zero-order valence-corrected chi connectivity index (χ0v) is 35.6. The quantitative estimate of drug-likeness (QED) is 0.0973. The molecule has 7 N–H and O–H groups in total. The smallest absolute Gasteiger partial charge is 0.331 e. The Bertz CT molecular complexity index is 1550. The van der Waals surface area contributed by atoms with E-state index in [1.54, 1.807) is 13.8 Å². The summed E-state index contributed by atoms with van der Waals surface area (Å²) in [6.07, 6.45) is 1.77. The van der Waals surface area contributed by atoms with E-state index < -0.39 is 102 Å². The number of ether oxygens (including phenoxy) is 2. The van der Waals surface area contributed by atoms with Gasteiger partial charge in [0.1, 0.15) is 30.3 Å². The molecule has 4 saturated heterocycles. The number of amides is 6. The fourth-order valence-electron chi connectivity index (χ4n) is 8.08. The highest BCUT2D eigenvalue weighted by molar-refractivity contribution is 5.96. The summed E-state index contributed by atoms with van der Waals surface area (Å²) >= 11 is 0. The Morgan fingerprint density at radius 2 is 1.44 bits per heavy atom. The fourth-order valence-corrected chi connectivity index (χ4v) is 8.08. The number of carbonyl (C=O) groups excluding carboxylic acids is 7. The van der Waals surface area contributed by atoms with E-state index in [9.17, 15) is 49.1 Å². The SMILES string of the molecule is C[C@H]1C(=O)O[13C@@H]([13CH](C)[13CH3])[13CH](N[13C](=O)[13C@]([13CH3])(O)[13CH]2[13CH2][13CH2][13CH]([13CH2][13CH2][13CH]([13CH3])[13CH3])[13C@@H]([13CH2][13CH3])O2)[13C](=O)N2N[13CH2][13CH2][13CH2][13C@H]2[13C](=O)N(O)[C@@H](C)C(=O)NC[13C](=O)N2N[13CH2][13CH2][13CH2][13C@H]2[13C](=O)N1O. The topological polar surface area (TPSA) is 260 Å². The summed E-state index contributed by atoms with van der Waals surface area (Å²) < 4.78 is 12.2. The summed E-state index contributed by atoms with van der Waals surface area (Å²) in [5.41, 5.74) is 3.43. The van der Waals surface area contributed by atoms with Crippen molar-refractivity contribution in [3.63, 3.8) is 0 Å². The highest BCUT2D eigenvalue weighted by Crippen LogP contribution is 2.36. The Kier molecular flexibility index (Phi) is 16.6. The van der Waals surface area contributed by atoms with Crippen LogP contribution in [0.1, 0.15) is 113 Å². The van der Waals surface area contributed by atoms with Gasteiger partial charge in [0.25, 0.3) is 29.5 Å². The van der Waals surface area contributed by atoms with E-state index in [0.717, 1.165) is 22.9 Å². The summed E-state index contributed by atoms with van der Waals surface area (Å²) in [4.78, 5) is 96.9. The predicted molar refractivity (Wildman–Crippen MR) is 208 cm³/mol. The predicted octanol–water partition coefficient (Wildman–Crippen LogP) is 0.134. The molecule has 0 spiro atoms. The van der Waals surface area contributed by atoms with Crippen molar-refractivity contribution in [1.82, 2.24) is 41.6 Å². The van der Waals surface area contributed by atoms with E-state index in [4.69, 9.17) is 9.47 Å². The Labute approximate surface area is 345 Å². The first-order valence-corrected chi connectivity index (χ1v) is 21.1. The van der Waals surface area contributed by atoms with Crippen molar-refractivity contribution in [3.05, 3.63) is 0 Å². The molecular weight excluding hydrogens is 803 g/mol. The highest BCUT2D eigenvalue weighted by Gasteiger charge is 2.50. The monoisotopic (exact) mass is 870 g/mol. The maximum absolute atomic E-state index is 14.8. The molecule has 0 aromatic heterocycles. The van der Waals surface area contributed by atoms with Crippen LogP contribution >= 0.6 is 0 Å². The minimum Gasteiger partial charge on any atom is -0.458 e. The molecule has 4 aliphatic rings. The number of nitrogens with one attached hydrogen (secondary N) is 4. The first-order valence-electron chi connectivity index (χ1n) is 21.1. The first kappa shape index (κ1) is 47.7. The lowest BCUT2D eigenvalue weighted by Crippen LogP contribution is -2.68. The molecule has 0 bridgehead atoms. The average Bonchev–Trinajstić information content (AvgIpc) is 3.23. The van der Waals surface area contributed by atoms with Crippen molar-refractivity contribution in [2.45, 2.75) is 167 Å². The molecule has 4 heterocycles. The van der Waals surface area contributed by atoms with Crippen LogP contribution in [-0.2, 0) is 43.0 Å². The second kappa shape index (κ2) is 20.5. The van der Waals surface area contributed by atoms with E-state index in [1.807, 2.05) is 6.92 Å². The number of fused-ring (bicyclic) bond motifs is 2. The van der Waals surface area contributed by atoms with Crippen molar-refractivity contribution >= 4 is 41.4 Å². The van der Waals surface area contributed by atoms with Gasteiger partial charge in [-0.05, 0) is 89.9 Å². The number of hydrazine groups is 2. The summed E-state index contributed by atoms with van der Waals surface area (Å²) in [6.45, 7) is 12.9. The number of nitrogens with zero attached hydrogens (tertiary/aromatic N) is 4. The molecule has 59 heavy (non-hydrogen) atoms. The standard InChI is InChI=1S/C39H66N8O12/c1-9-28-25(15-14-21(2)3)16-17-29(58-28)39(8,55)38(54)43-31-32(22(4)5)59-37(53)24(7)47(57)34(50)26-12-10-18-41-44(26)30(48)20-40-33(49)23(6)46(56)35(51)27-13-11-19-42-45(27)36(31)52/h21-29,31-32,41-42,55-57H,9-20H2,1-8H3,(H,40,49)(H,43,54)/t23-,24-,25?,26-,27-,28+,29?,31?,32-,39+/m0/s1/i1+1,2+1,3+1,4+1,8+1,9+1,10+1,11+1,12+1,13+1,14+1,15+1,16+1,17+1,18+1,19+1,21+1,22+1,25+1,26+1,27+1,28+1,29+1,30+1,31+1,32+1,34+1,35+1,36+1,38+1,39+1/t22?,23-,24-,25?,26-,27-,28+,29?,31?,32-,39+. The molecule has 6 amide bonds. The van der Waals surface area contributed by atoms with E-state index >= 15 is 0 Å². The van der Waals surface area contributed by atoms with Gasteiger partial charge in [0.2, 0.25) is 5.91 Å². The van der Waals surface area contributed by atoms with E-state index in [0.29, 0.717) is 38.0 Å². The fraction of sp³-hybridized carbons (Fsp3) is 0.821. The second-order valence-corrected chi connectivity index (χ2v) is 17.2. The molecule has 0 saturated carbocycles. The van der Waals surface area contributed by atoms with Gasteiger partial charge in [-0.1, -0.05) is 41.0 Å². The number of esters is 1. The van der Waals surface area contributed by atoms with Gasteiger partial charge in [0, 0.05) is 13.1 Å². The van der Waals surface area contributed by atoms with Crippen LogP contribution in [0, 0.1) is 17.8 Å². The van der Waals surface area contributed by atoms with Crippen molar-refractivity contribution in [2.75, 3.05) is 19.6 Å². The van der Waals surface area contributed by atoms with Crippen molar-refractivity contribution in [3.8, 4) is 0 Å². The van der Waals surface area contributed by atoms with Gasteiger partial charge in [-0.15, -0.1) is 0 Å². The van der Waals surface area contributed by atoms with E-state index in [1.165, 1.54) is 20.8 Å². The third-order valence-electron chi connectivity index (χ3n) is 12.0. The number of hydroxylamine groups is 4. The van der Waals surface area contributed by atoms with Crippen LogP contribution in [0.2, 0.25) is 0 Å². The van der Waals surface area contributed by atoms with Crippen molar-refractivity contribution in [2.24, 2.45) is 17.8 Å². The zero-order valence-electron chi connectivity index (χ0n) is 35.6. The van der Waals surface area contributed by atoms with Gasteiger partial charge in [0.15, 0.2) is 11.6 Å². The van der Waals surface area contributed by atoms with Crippen LogP contribution in [0.5, 0.6) is 0 Å². The normalized spacial score (nSPS) is 32.8. The van der Waals surface area contributed by atoms with Crippen LogP contribution in [0.25, 0.3) is 0 Å². The van der Waals surface area contributed by atoms with Crippen LogP contribution in [-0.4, -0.2) is 151 Å². The molecule has 4 fully saturated rings. The Balaban J connectivity index is 1.73. The van der Waals surface area contributed by atoms with E-state index in [-0.39, 0.29) is 48.1 Å². The average molecular weight is 870 g/mol. The van der Waals surface area contributed by atoms with Crippen molar-refractivity contribution < 1.29 is 58.6 Å². The second-order valence-electron chi connectivity index (χ2n) is 17.2. The molecule has 4 aliphatic heterocycles. The molecule has 0 aromatic carbocycles. The molecule has 20 nitrogen and oxygen atoms in total. The molecule has 0 aliphatic carbocycles. The summed E-state index contributed by atoms with van der Waals surface area (Å²) in [7, 11) is 0. The lowest BCUT2D eigenvalue weighted by molar-refractivity contribution is -0.198. The largest absolute Gasteiger partial charge is 0.458 e. The van der Waals surface area contributed by atoms with Crippen molar-refractivity contribution in [1.29, 1.82) is 0 Å². The van der Waals surface area contributed by atoms with Crippen LogP contribution < -0.4 is 21.5 Å². The minimum absolute atomic E-state index is 0.0128. The van der Waals surface area contributed by atoms with Gasteiger partial charge in [-0.2, -0.15) is 0 Å². The lowest BCUT2D eigenvalue weighted by Gasteiger charge is -2.43. The van der Waals surface area contributed by atoms with Gasteiger partial charge in [0.05, 0.1) is 18.8 Å². The molecule has 0 radical (unpaired) electrons. The van der Waals surface area contributed by atoms with Crippen LogP contribution in [0.4, 0.5) is 0 Å². The minimum atomic E-state index is -2.19.